The van der Waals surface area contributed by atoms with Crippen molar-refractivity contribution in [1.82, 2.24) is 20.5 Å². The first-order valence-electron chi connectivity index (χ1n) is 10.2. The minimum atomic E-state index is 0.0395. The van der Waals surface area contributed by atoms with Crippen LogP contribution in [0.4, 0.5) is 5.82 Å². The summed E-state index contributed by atoms with van der Waals surface area (Å²) in [6.07, 6.45) is 2.69. The number of benzene rings is 1. The van der Waals surface area contributed by atoms with Crippen LogP contribution in [0.5, 0.6) is 0 Å². The maximum atomic E-state index is 12.7. The molecule has 0 aliphatic carbocycles. The molecule has 0 bridgehead atoms. The Labute approximate surface area is 183 Å². The van der Waals surface area contributed by atoms with Crippen molar-refractivity contribution in [3.63, 3.8) is 0 Å². The van der Waals surface area contributed by atoms with Crippen molar-refractivity contribution in [3.8, 4) is 0 Å². The molecule has 0 radical (unpaired) electrons. The van der Waals surface area contributed by atoms with Gasteiger partial charge in [-0.15, -0.1) is 0 Å². The first-order chi connectivity index (χ1) is 14.6. The number of likely N-dealkylation sites (N-methyl/N-ethyl adjacent to an activating group) is 1. The lowest BCUT2D eigenvalue weighted by molar-refractivity contribution is -0.130. The molecule has 30 heavy (non-hydrogen) atoms. The molecule has 1 fully saturated rings. The van der Waals surface area contributed by atoms with Gasteiger partial charge in [-0.25, -0.2) is 4.98 Å². The number of pyridine rings is 1. The lowest BCUT2D eigenvalue weighted by Crippen LogP contribution is -2.48. The van der Waals surface area contributed by atoms with Gasteiger partial charge in [0.25, 0.3) is 0 Å². The summed E-state index contributed by atoms with van der Waals surface area (Å²) in [7, 11) is 1.71. The van der Waals surface area contributed by atoms with Crippen LogP contribution in [0.1, 0.15) is 18.9 Å². The molecule has 1 atom stereocenters. The summed E-state index contributed by atoms with van der Waals surface area (Å²) in [6.45, 7) is 5.09. The summed E-state index contributed by atoms with van der Waals surface area (Å²) < 4.78 is 0. The van der Waals surface area contributed by atoms with Gasteiger partial charge < -0.3 is 20.4 Å². The van der Waals surface area contributed by atoms with Crippen molar-refractivity contribution in [1.29, 1.82) is 0 Å². The van der Waals surface area contributed by atoms with E-state index in [1.165, 1.54) is 0 Å². The van der Waals surface area contributed by atoms with Crippen LogP contribution < -0.4 is 15.5 Å². The first-order valence-corrected chi connectivity index (χ1v) is 10.6. The third kappa shape index (κ3) is 5.86. The Balaban J connectivity index is 1.48. The molecule has 1 aromatic heterocycles. The molecule has 2 N–H and O–H groups in total. The summed E-state index contributed by atoms with van der Waals surface area (Å²) in [5, 5.41) is 7.21. The van der Waals surface area contributed by atoms with E-state index in [9.17, 15) is 4.79 Å². The normalized spacial score (nSPS) is 16.4. The van der Waals surface area contributed by atoms with E-state index >= 15 is 0 Å². The smallest absolute Gasteiger partial charge is 0.242 e. The number of hydrogen-bond acceptors (Lipinski definition) is 4. The number of nitrogens with one attached hydrogen (secondary N) is 2. The summed E-state index contributed by atoms with van der Waals surface area (Å²) in [5.74, 6) is 1.47. The monoisotopic (exact) mass is 428 g/mol. The van der Waals surface area contributed by atoms with Crippen LogP contribution in [-0.4, -0.2) is 61.0 Å². The highest BCUT2D eigenvalue weighted by Crippen LogP contribution is 2.25. The van der Waals surface area contributed by atoms with Gasteiger partial charge in [0.1, 0.15) is 5.82 Å². The van der Waals surface area contributed by atoms with Crippen molar-refractivity contribution in [2.75, 3.05) is 38.1 Å². The van der Waals surface area contributed by atoms with Crippen molar-refractivity contribution in [2.45, 2.75) is 25.9 Å². The maximum Gasteiger partial charge on any atom is 0.242 e. The number of amides is 1. The summed E-state index contributed by atoms with van der Waals surface area (Å²) >= 11 is 6.27. The molecule has 3 rings (SSSR count). The van der Waals surface area contributed by atoms with E-state index in [0.29, 0.717) is 24.1 Å². The second kappa shape index (κ2) is 10.8. The molecule has 7 nitrogen and oxygen atoms in total. The zero-order chi connectivity index (χ0) is 21.3. The predicted molar refractivity (Wildman–Crippen MR) is 122 cm³/mol. The molecule has 8 heteroatoms. The Kier molecular flexibility index (Phi) is 7.90. The van der Waals surface area contributed by atoms with Gasteiger partial charge in [-0.2, -0.15) is 0 Å². The van der Waals surface area contributed by atoms with E-state index in [1.54, 1.807) is 13.2 Å². The number of nitrogens with zero attached hydrogens (tertiary/aromatic N) is 4. The molecular weight excluding hydrogens is 400 g/mol. The predicted octanol–water partition coefficient (Wildman–Crippen LogP) is 2.53. The number of carbonyl (C=O) groups is 1. The lowest BCUT2D eigenvalue weighted by Gasteiger charge is -2.23. The van der Waals surface area contributed by atoms with E-state index in [2.05, 4.69) is 25.5 Å². The number of hydrogen-bond donors (Lipinski definition) is 2. The molecule has 2 heterocycles. The molecule has 1 aliphatic rings. The number of rotatable bonds is 7. The van der Waals surface area contributed by atoms with Gasteiger partial charge in [0.2, 0.25) is 5.91 Å². The topological polar surface area (TPSA) is 72.9 Å². The lowest BCUT2D eigenvalue weighted by atomic mass is 10.2. The van der Waals surface area contributed by atoms with Crippen LogP contribution in [0.25, 0.3) is 0 Å². The molecule has 0 saturated carbocycles. The van der Waals surface area contributed by atoms with Gasteiger partial charge >= 0.3 is 0 Å². The fraction of sp³-hybridized carbons (Fsp3) is 0.409. The van der Waals surface area contributed by atoms with Gasteiger partial charge in [-0.05, 0) is 31.0 Å². The Morgan fingerprint density at radius 1 is 1.30 bits per heavy atom. The van der Waals surface area contributed by atoms with Gasteiger partial charge in [0.15, 0.2) is 5.96 Å². The van der Waals surface area contributed by atoms with Gasteiger partial charge in [0, 0.05) is 45.5 Å². The number of guanidine groups is 1. The van der Waals surface area contributed by atoms with Crippen LogP contribution in [0.2, 0.25) is 5.02 Å². The number of aromatic nitrogens is 1. The first kappa shape index (κ1) is 21.9. The van der Waals surface area contributed by atoms with E-state index in [1.807, 2.05) is 54.3 Å². The Morgan fingerprint density at radius 3 is 2.80 bits per heavy atom. The fourth-order valence-electron chi connectivity index (χ4n) is 3.52. The number of halogens is 1. The average Bonchev–Trinajstić information content (AvgIpc) is 3.24. The molecule has 2 aromatic rings. The standard InChI is InChI=1S/C22H29ClN6O/c1-3-28(15-17-8-5-4-6-9-17)20(30)14-26-22(24-2)27-18-11-13-29(16-18)21-19(23)10-7-12-25-21/h4-10,12,18H,3,11,13-16H2,1-2H3,(H2,24,26,27). The number of carbonyl (C=O) groups excluding carboxylic acids is 1. The molecule has 1 saturated heterocycles. The van der Waals surface area contributed by atoms with Crippen molar-refractivity contribution in [2.24, 2.45) is 4.99 Å². The number of anilines is 1. The molecule has 1 amide bonds. The average molecular weight is 429 g/mol. The van der Waals surface area contributed by atoms with Crippen LogP contribution in [0, 0.1) is 0 Å². The molecule has 1 unspecified atom stereocenters. The quantitative estimate of drug-likeness (QED) is 0.523. The summed E-state index contributed by atoms with van der Waals surface area (Å²) in [6, 6.07) is 13.9. The minimum Gasteiger partial charge on any atom is -0.353 e. The highest BCUT2D eigenvalue weighted by Gasteiger charge is 2.25. The maximum absolute atomic E-state index is 12.7. The Morgan fingerprint density at radius 2 is 2.10 bits per heavy atom. The van der Waals surface area contributed by atoms with E-state index in [0.717, 1.165) is 30.9 Å². The van der Waals surface area contributed by atoms with E-state index < -0.39 is 0 Å². The van der Waals surface area contributed by atoms with Gasteiger partial charge in [-0.3, -0.25) is 9.79 Å². The number of aliphatic imine (C=N–C) groups is 1. The highest BCUT2D eigenvalue weighted by molar-refractivity contribution is 6.32. The molecular formula is C22H29ClN6O. The third-order valence-electron chi connectivity index (χ3n) is 5.15. The van der Waals surface area contributed by atoms with Crippen molar-refractivity contribution in [3.05, 3.63) is 59.2 Å². The Bertz CT molecular complexity index is 860. The fourth-order valence-corrected chi connectivity index (χ4v) is 3.76. The van der Waals surface area contributed by atoms with Crippen LogP contribution in [0.3, 0.4) is 0 Å². The van der Waals surface area contributed by atoms with Crippen LogP contribution >= 0.6 is 11.6 Å². The van der Waals surface area contributed by atoms with Crippen molar-refractivity contribution < 1.29 is 4.79 Å². The van der Waals surface area contributed by atoms with Gasteiger partial charge in [-0.1, -0.05) is 41.9 Å². The van der Waals surface area contributed by atoms with Crippen LogP contribution in [0.15, 0.2) is 53.7 Å². The zero-order valence-corrected chi connectivity index (χ0v) is 18.3. The SMILES string of the molecule is CCN(Cc1ccccc1)C(=O)CNC(=NC)NC1CCN(c2ncccc2Cl)C1. The van der Waals surface area contributed by atoms with E-state index in [-0.39, 0.29) is 18.5 Å². The second-order valence-corrected chi connectivity index (χ2v) is 7.61. The molecule has 160 valence electrons. The third-order valence-corrected chi connectivity index (χ3v) is 5.44. The molecule has 1 aromatic carbocycles. The van der Waals surface area contributed by atoms with Crippen molar-refractivity contribution >= 4 is 29.3 Å². The summed E-state index contributed by atoms with van der Waals surface area (Å²) in [5.41, 5.74) is 1.12. The second-order valence-electron chi connectivity index (χ2n) is 7.20. The zero-order valence-electron chi connectivity index (χ0n) is 17.5. The van der Waals surface area contributed by atoms with Crippen LogP contribution in [-0.2, 0) is 11.3 Å². The minimum absolute atomic E-state index is 0.0395. The molecule has 1 aliphatic heterocycles. The van der Waals surface area contributed by atoms with Gasteiger partial charge in [0.05, 0.1) is 11.6 Å². The Hall–Kier alpha value is -2.80. The summed E-state index contributed by atoms with van der Waals surface area (Å²) in [4.78, 5) is 25.3. The largest absolute Gasteiger partial charge is 0.353 e. The molecule has 0 spiro atoms. The highest BCUT2D eigenvalue weighted by atomic mass is 35.5. The van der Waals surface area contributed by atoms with E-state index in [4.69, 9.17) is 11.6 Å².